The largest absolute Gasteiger partial charge is 0.350 e. The zero-order chi connectivity index (χ0) is 17.9. The van der Waals surface area contributed by atoms with Crippen LogP contribution < -0.4 is 5.32 Å². The predicted octanol–water partition coefficient (Wildman–Crippen LogP) is 3.78. The van der Waals surface area contributed by atoms with Gasteiger partial charge in [0.15, 0.2) is 0 Å². The van der Waals surface area contributed by atoms with Crippen LogP contribution >= 0.6 is 11.3 Å². The fraction of sp³-hybridized carbons (Fsp3) is 0.150. The molecule has 130 valence electrons. The van der Waals surface area contributed by atoms with E-state index in [1.165, 1.54) is 0 Å². The maximum absolute atomic E-state index is 12.3. The van der Waals surface area contributed by atoms with Crippen LogP contribution in [0, 0.1) is 6.92 Å². The highest BCUT2D eigenvalue weighted by Crippen LogP contribution is 2.27. The van der Waals surface area contributed by atoms with Crippen LogP contribution in [0.5, 0.6) is 0 Å². The zero-order valence-electron chi connectivity index (χ0n) is 14.3. The van der Waals surface area contributed by atoms with E-state index < -0.39 is 0 Å². The van der Waals surface area contributed by atoms with Crippen molar-refractivity contribution < 1.29 is 4.79 Å². The Morgan fingerprint density at radius 3 is 2.73 bits per heavy atom. The standard InChI is InChI=1S/C20H18N4OS/c1-14-18(26-20(23-14)15-7-3-2-4-8-15)11-21-19(25)12-24-13-22-16-9-5-6-10-17(16)24/h2-10,13H,11-12H2,1H3,(H,21,25). The smallest absolute Gasteiger partial charge is 0.240 e. The SMILES string of the molecule is Cc1nc(-c2ccccc2)sc1CNC(=O)Cn1cnc2ccccc21. The molecular formula is C20H18N4OS. The van der Waals surface area contributed by atoms with Crippen LogP contribution in [-0.2, 0) is 17.9 Å². The summed E-state index contributed by atoms with van der Waals surface area (Å²) >= 11 is 1.62. The maximum atomic E-state index is 12.3. The summed E-state index contributed by atoms with van der Waals surface area (Å²) in [5.74, 6) is -0.0396. The first-order valence-corrected chi connectivity index (χ1v) is 9.20. The lowest BCUT2D eigenvalue weighted by atomic mass is 10.2. The Morgan fingerprint density at radius 1 is 1.12 bits per heavy atom. The van der Waals surface area contributed by atoms with Crippen molar-refractivity contribution in [2.75, 3.05) is 0 Å². The van der Waals surface area contributed by atoms with Crippen molar-refractivity contribution in [1.82, 2.24) is 19.9 Å². The molecule has 0 aliphatic carbocycles. The van der Waals surface area contributed by atoms with E-state index in [9.17, 15) is 4.79 Å². The van der Waals surface area contributed by atoms with Crippen LogP contribution in [0.15, 0.2) is 60.9 Å². The lowest BCUT2D eigenvalue weighted by Gasteiger charge is -2.06. The topological polar surface area (TPSA) is 59.8 Å². The number of aryl methyl sites for hydroxylation is 1. The van der Waals surface area contributed by atoms with Gasteiger partial charge >= 0.3 is 0 Å². The molecule has 2 aromatic carbocycles. The molecule has 0 radical (unpaired) electrons. The molecule has 0 aliphatic rings. The Balaban J connectivity index is 1.42. The number of amides is 1. The maximum Gasteiger partial charge on any atom is 0.240 e. The van der Waals surface area contributed by atoms with Gasteiger partial charge in [0, 0.05) is 10.4 Å². The number of nitrogens with one attached hydrogen (secondary N) is 1. The van der Waals surface area contributed by atoms with Crippen LogP contribution in [0.1, 0.15) is 10.6 Å². The predicted molar refractivity (Wildman–Crippen MR) is 104 cm³/mol. The van der Waals surface area contributed by atoms with Gasteiger partial charge in [0.05, 0.1) is 29.6 Å². The molecule has 0 bridgehead atoms. The molecule has 0 spiro atoms. The van der Waals surface area contributed by atoms with E-state index in [1.54, 1.807) is 17.7 Å². The van der Waals surface area contributed by atoms with E-state index in [-0.39, 0.29) is 12.5 Å². The lowest BCUT2D eigenvalue weighted by Crippen LogP contribution is -2.26. The first-order valence-electron chi connectivity index (χ1n) is 8.39. The molecule has 4 rings (SSSR count). The minimum Gasteiger partial charge on any atom is -0.350 e. The minimum atomic E-state index is -0.0396. The van der Waals surface area contributed by atoms with Gasteiger partial charge in [-0.3, -0.25) is 4.79 Å². The molecule has 0 saturated carbocycles. The van der Waals surface area contributed by atoms with E-state index in [1.807, 2.05) is 66.1 Å². The molecule has 0 saturated heterocycles. The molecule has 4 aromatic rings. The molecule has 5 nitrogen and oxygen atoms in total. The Bertz CT molecular complexity index is 1050. The molecule has 2 heterocycles. The van der Waals surface area contributed by atoms with Gasteiger partial charge in [-0.1, -0.05) is 42.5 Å². The van der Waals surface area contributed by atoms with E-state index in [0.717, 1.165) is 32.2 Å². The number of nitrogens with zero attached hydrogens (tertiary/aromatic N) is 3. The molecule has 0 unspecified atom stereocenters. The van der Waals surface area contributed by atoms with E-state index in [2.05, 4.69) is 15.3 Å². The van der Waals surface area contributed by atoms with Gasteiger partial charge in [-0.25, -0.2) is 9.97 Å². The number of benzene rings is 2. The molecule has 6 heteroatoms. The second-order valence-corrected chi connectivity index (χ2v) is 7.12. The summed E-state index contributed by atoms with van der Waals surface area (Å²) in [6.07, 6.45) is 1.70. The van der Waals surface area contributed by atoms with Gasteiger partial charge < -0.3 is 9.88 Å². The lowest BCUT2D eigenvalue weighted by molar-refractivity contribution is -0.121. The number of carbonyl (C=O) groups excluding carboxylic acids is 1. The molecule has 0 fully saturated rings. The monoisotopic (exact) mass is 362 g/mol. The summed E-state index contributed by atoms with van der Waals surface area (Å²) in [7, 11) is 0. The van der Waals surface area contributed by atoms with Crippen molar-refractivity contribution in [1.29, 1.82) is 0 Å². The number of hydrogen-bond acceptors (Lipinski definition) is 4. The Kier molecular flexibility index (Phi) is 4.50. The van der Waals surface area contributed by atoms with E-state index in [0.29, 0.717) is 6.54 Å². The van der Waals surface area contributed by atoms with Crippen LogP contribution in [-0.4, -0.2) is 20.4 Å². The summed E-state index contributed by atoms with van der Waals surface area (Å²) < 4.78 is 1.86. The number of rotatable bonds is 5. The van der Waals surface area contributed by atoms with Gasteiger partial charge in [0.1, 0.15) is 11.6 Å². The Labute approximate surface area is 155 Å². The number of para-hydroxylation sites is 2. The van der Waals surface area contributed by atoms with Crippen molar-refractivity contribution in [3.63, 3.8) is 0 Å². The molecule has 1 amide bonds. The van der Waals surface area contributed by atoms with Gasteiger partial charge in [0.25, 0.3) is 0 Å². The van der Waals surface area contributed by atoms with E-state index >= 15 is 0 Å². The van der Waals surface area contributed by atoms with Crippen LogP contribution in [0.3, 0.4) is 0 Å². The fourth-order valence-electron chi connectivity index (χ4n) is 2.82. The summed E-state index contributed by atoms with van der Waals surface area (Å²) in [5, 5.41) is 3.97. The Hall–Kier alpha value is -2.99. The molecule has 0 aliphatic heterocycles. The average molecular weight is 362 g/mol. The third-order valence-electron chi connectivity index (χ3n) is 4.20. The normalized spacial score (nSPS) is 11.0. The number of fused-ring (bicyclic) bond motifs is 1. The minimum absolute atomic E-state index is 0.0396. The summed E-state index contributed by atoms with van der Waals surface area (Å²) in [6, 6.07) is 17.9. The second kappa shape index (κ2) is 7.09. The summed E-state index contributed by atoms with van der Waals surface area (Å²) in [4.78, 5) is 22.4. The Morgan fingerprint density at radius 2 is 1.88 bits per heavy atom. The average Bonchev–Trinajstić information content (AvgIpc) is 3.25. The van der Waals surface area contributed by atoms with Crippen LogP contribution in [0.4, 0.5) is 0 Å². The van der Waals surface area contributed by atoms with Crippen molar-refractivity contribution in [3.8, 4) is 10.6 Å². The van der Waals surface area contributed by atoms with Crippen molar-refractivity contribution in [2.24, 2.45) is 0 Å². The quantitative estimate of drug-likeness (QED) is 0.588. The van der Waals surface area contributed by atoms with Crippen molar-refractivity contribution in [3.05, 3.63) is 71.5 Å². The third kappa shape index (κ3) is 3.36. The summed E-state index contributed by atoms with van der Waals surface area (Å²) in [5.41, 5.74) is 3.92. The molecule has 1 N–H and O–H groups in total. The number of imidazole rings is 1. The number of aromatic nitrogens is 3. The van der Waals surface area contributed by atoms with Crippen molar-refractivity contribution in [2.45, 2.75) is 20.0 Å². The van der Waals surface area contributed by atoms with Gasteiger partial charge in [-0.05, 0) is 19.1 Å². The van der Waals surface area contributed by atoms with Crippen LogP contribution in [0.25, 0.3) is 21.6 Å². The second-order valence-electron chi connectivity index (χ2n) is 6.03. The van der Waals surface area contributed by atoms with Gasteiger partial charge in [0.2, 0.25) is 5.91 Å². The fourth-order valence-corrected chi connectivity index (χ4v) is 3.83. The van der Waals surface area contributed by atoms with Gasteiger partial charge in [-0.15, -0.1) is 11.3 Å². The molecule has 26 heavy (non-hydrogen) atoms. The third-order valence-corrected chi connectivity index (χ3v) is 5.41. The zero-order valence-corrected chi connectivity index (χ0v) is 15.2. The summed E-state index contributed by atoms with van der Waals surface area (Å²) in [6.45, 7) is 2.72. The van der Waals surface area contributed by atoms with Crippen molar-refractivity contribution >= 4 is 28.3 Å². The van der Waals surface area contributed by atoms with E-state index in [4.69, 9.17) is 0 Å². The first kappa shape index (κ1) is 16.5. The molecule has 2 aromatic heterocycles. The highest BCUT2D eigenvalue weighted by atomic mass is 32.1. The highest BCUT2D eigenvalue weighted by molar-refractivity contribution is 7.15. The molecule has 0 atom stereocenters. The number of carbonyl (C=O) groups is 1. The highest BCUT2D eigenvalue weighted by Gasteiger charge is 2.11. The first-order chi connectivity index (χ1) is 12.7. The number of thiazole rings is 1. The number of hydrogen-bond donors (Lipinski definition) is 1. The molecular weight excluding hydrogens is 344 g/mol. The van der Waals surface area contributed by atoms with Gasteiger partial charge in [-0.2, -0.15) is 0 Å². The van der Waals surface area contributed by atoms with Crippen LogP contribution in [0.2, 0.25) is 0 Å².